The van der Waals surface area contributed by atoms with E-state index in [0.717, 1.165) is 36.5 Å². The highest BCUT2D eigenvalue weighted by molar-refractivity contribution is 6.17. The van der Waals surface area contributed by atoms with E-state index < -0.39 is 0 Å². The summed E-state index contributed by atoms with van der Waals surface area (Å²) in [5.41, 5.74) is 1.06. The number of halogens is 1. The molecule has 0 aliphatic heterocycles. The Labute approximate surface area is 133 Å². The van der Waals surface area contributed by atoms with E-state index in [1.165, 1.54) is 25.7 Å². The topological polar surface area (TPSA) is 18.5 Å². The van der Waals surface area contributed by atoms with E-state index >= 15 is 0 Å². The van der Waals surface area contributed by atoms with Crippen molar-refractivity contribution in [3.05, 3.63) is 23.8 Å². The molecule has 2 rings (SSSR count). The normalized spacial score (nSPS) is 22.0. The fourth-order valence-corrected chi connectivity index (χ4v) is 3.24. The molecule has 21 heavy (non-hydrogen) atoms. The fourth-order valence-electron chi connectivity index (χ4n) is 3.02. The molecule has 0 amide bonds. The Bertz CT molecular complexity index is 433. The molecule has 1 saturated carbocycles. The molecule has 118 valence electrons. The van der Waals surface area contributed by atoms with Crippen molar-refractivity contribution in [2.45, 2.75) is 64.4 Å². The van der Waals surface area contributed by atoms with Crippen LogP contribution in [0.5, 0.6) is 11.5 Å². The molecule has 1 fully saturated rings. The maximum Gasteiger partial charge on any atom is 0.127 e. The van der Waals surface area contributed by atoms with Crippen LogP contribution < -0.4 is 9.47 Å². The van der Waals surface area contributed by atoms with Gasteiger partial charge in [0.2, 0.25) is 0 Å². The number of alkyl halides is 1. The Morgan fingerprint density at radius 2 is 2.00 bits per heavy atom. The maximum absolute atomic E-state index is 6.34. The molecule has 0 heterocycles. The van der Waals surface area contributed by atoms with Crippen LogP contribution in [-0.2, 0) is 5.88 Å². The van der Waals surface area contributed by atoms with Crippen molar-refractivity contribution in [1.29, 1.82) is 0 Å². The first kappa shape index (κ1) is 16.5. The van der Waals surface area contributed by atoms with Crippen molar-refractivity contribution >= 4 is 11.6 Å². The Morgan fingerprint density at radius 1 is 1.19 bits per heavy atom. The fraction of sp³-hybridized carbons (Fsp3) is 0.667. The second-order valence-electron chi connectivity index (χ2n) is 5.86. The quantitative estimate of drug-likeness (QED) is 0.614. The van der Waals surface area contributed by atoms with E-state index in [4.69, 9.17) is 21.1 Å². The van der Waals surface area contributed by atoms with Crippen LogP contribution in [0.2, 0.25) is 0 Å². The average Bonchev–Trinajstić information content (AvgIpc) is 2.53. The van der Waals surface area contributed by atoms with Gasteiger partial charge in [0.1, 0.15) is 17.6 Å². The van der Waals surface area contributed by atoms with Crippen LogP contribution >= 0.6 is 11.6 Å². The van der Waals surface area contributed by atoms with E-state index in [1.54, 1.807) is 0 Å². The molecule has 1 aromatic carbocycles. The van der Waals surface area contributed by atoms with Gasteiger partial charge in [0, 0.05) is 11.6 Å². The largest absolute Gasteiger partial charge is 0.493 e. The highest BCUT2D eigenvalue weighted by Crippen LogP contribution is 2.34. The summed E-state index contributed by atoms with van der Waals surface area (Å²) in [6.45, 7) is 5.11. The van der Waals surface area contributed by atoms with Gasteiger partial charge in [-0.25, -0.2) is 0 Å². The van der Waals surface area contributed by atoms with E-state index in [1.807, 2.05) is 18.2 Å². The summed E-state index contributed by atoms with van der Waals surface area (Å²) in [5, 5.41) is 0. The second-order valence-corrected chi connectivity index (χ2v) is 6.13. The first-order valence-electron chi connectivity index (χ1n) is 8.26. The van der Waals surface area contributed by atoms with Crippen molar-refractivity contribution in [3.8, 4) is 11.5 Å². The van der Waals surface area contributed by atoms with Crippen LogP contribution in [0.3, 0.4) is 0 Å². The van der Waals surface area contributed by atoms with E-state index in [9.17, 15) is 0 Å². The molecule has 0 aromatic heterocycles. The number of hydrogen-bond acceptors (Lipinski definition) is 2. The summed E-state index contributed by atoms with van der Waals surface area (Å²) in [4.78, 5) is 0. The van der Waals surface area contributed by atoms with Gasteiger partial charge in [0.05, 0.1) is 12.5 Å². The minimum Gasteiger partial charge on any atom is -0.493 e. The molecular formula is C18H27ClO2. The maximum atomic E-state index is 6.34. The minimum absolute atomic E-state index is 0.326. The summed E-state index contributed by atoms with van der Waals surface area (Å²) in [6.07, 6.45) is 7.56. The average molecular weight is 311 g/mol. The zero-order valence-corrected chi connectivity index (χ0v) is 14.0. The van der Waals surface area contributed by atoms with Crippen molar-refractivity contribution in [1.82, 2.24) is 0 Å². The molecular weight excluding hydrogens is 284 g/mol. The molecule has 1 aromatic rings. The van der Waals surface area contributed by atoms with E-state index in [-0.39, 0.29) is 0 Å². The number of ether oxygens (including phenoxy) is 2. The summed E-state index contributed by atoms with van der Waals surface area (Å²) >= 11 is 6.06. The molecule has 0 spiro atoms. The van der Waals surface area contributed by atoms with Crippen LogP contribution in [0, 0.1) is 5.92 Å². The lowest BCUT2D eigenvalue weighted by molar-refractivity contribution is 0.0893. The third kappa shape index (κ3) is 4.54. The monoisotopic (exact) mass is 310 g/mol. The Morgan fingerprint density at radius 3 is 2.71 bits per heavy atom. The molecule has 0 saturated heterocycles. The van der Waals surface area contributed by atoms with E-state index in [2.05, 4.69) is 13.8 Å². The van der Waals surface area contributed by atoms with Gasteiger partial charge in [-0.3, -0.25) is 0 Å². The van der Waals surface area contributed by atoms with Crippen LogP contribution in [0.25, 0.3) is 0 Å². The van der Waals surface area contributed by atoms with Crippen LogP contribution in [-0.4, -0.2) is 12.7 Å². The van der Waals surface area contributed by atoms with Gasteiger partial charge in [0.15, 0.2) is 0 Å². The molecule has 3 heteroatoms. The van der Waals surface area contributed by atoms with Gasteiger partial charge in [0.25, 0.3) is 0 Å². The Balaban J connectivity index is 2.12. The van der Waals surface area contributed by atoms with Crippen LogP contribution in [0.4, 0.5) is 0 Å². The SMILES string of the molecule is CCCOc1ccc(CCl)c(OC2CCCCC2CC)c1. The van der Waals surface area contributed by atoms with Crippen LogP contribution in [0.1, 0.15) is 57.9 Å². The van der Waals surface area contributed by atoms with Gasteiger partial charge in [-0.15, -0.1) is 11.6 Å². The standard InChI is InChI=1S/C18H27ClO2/c1-3-11-20-16-10-9-15(13-19)18(12-16)21-17-8-6-5-7-14(17)4-2/h9-10,12,14,17H,3-8,11,13H2,1-2H3. The Hall–Kier alpha value is -0.890. The lowest BCUT2D eigenvalue weighted by Crippen LogP contribution is -2.30. The van der Waals surface area contributed by atoms with Crippen molar-refractivity contribution in [2.75, 3.05) is 6.61 Å². The van der Waals surface area contributed by atoms with Gasteiger partial charge in [-0.2, -0.15) is 0 Å². The molecule has 0 N–H and O–H groups in total. The number of hydrogen-bond donors (Lipinski definition) is 0. The number of benzene rings is 1. The highest BCUT2D eigenvalue weighted by Gasteiger charge is 2.26. The molecule has 1 aliphatic rings. The lowest BCUT2D eigenvalue weighted by Gasteiger charge is -2.32. The van der Waals surface area contributed by atoms with Gasteiger partial charge in [-0.1, -0.05) is 26.3 Å². The zero-order valence-electron chi connectivity index (χ0n) is 13.2. The van der Waals surface area contributed by atoms with Gasteiger partial charge < -0.3 is 9.47 Å². The van der Waals surface area contributed by atoms with Crippen molar-refractivity contribution in [2.24, 2.45) is 5.92 Å². The minimum atomic E-state index is 0.326. The molecule has 1 aliphatic carbocycles. The lowest BCUT2D eigenvalue weighted by atomic mass is 9.84. The van der Waals surface area contributed by atoms with Gasteiger partial charge >= 0.3 is 0 Å². The second kappa shape index (κ2) is 8.53. The smallest absolute Gasteiger partial charge is 0.127 e. The molecule has 0 radical (unpaired) electrons. The predicted molar refractivity (Wildman–Crippen MR) is 88.5 cm³/mol. The summed E-state index contributed by atoms with van der Waals surface area (Å²) < 4.78 is 12.1. The first-order valence-corrected chi connectivity index (χ1v) is 8.80. The summed E-state index contributed by atoms with van der Waals surface area (Å²) in [7, 11) is 0. The third-order valence-corrected chi connectivity index (χ3v) is 4.59. The van der Waals surface area contributed by atoms with Crippen molar-refractivity contribution in [3.63, 3.8) is 0 Å². The Kier molecular flexibility index (Phi) is 6.69. The van der Waals surface area contributed by atoms with Crippen molar-refractivity contribution < 1.29 is 9.47 Å². The predicted octanol–water partition coefficient (Wildman–Crippen LogP) is 5.56. The van der Waals surface area contributed by atoms with Crippen LogP contribution in [0.15, 0.2) is 18.2 Å². The number of rotatable bonds is 7. The molecule has 2 atom stereocenters. The molecule has 0 bridgehead atoms. The molecule has 2 unspecified atom stereocenters. The summed E-state index contributed by atoms with van der Waals surface area (Å²) in [5.74, 6) is 2.93. The summed E-state index contributed by atoms with van der Waals surface area (Å²) in [6, 6.07) is 6.02. The molecule has 2 nitrogen and oxygen atoms in total. The highest BCUT2D eigenvalue weighted by atomic mass is 35.5. The van der Waals surface area contributed by atoms with Gasteiger partial charge in [-0.05, 0) is 44.1 Å². The first-order chi connectivity index (χ1) is 10.3. The van der Waals surface area contributed by atoms with E-state index in [0.29, 0.717) is 17.9 Å². The third-order valence-electron chi connectivity index (χ3n) is 4.30. The zero-order chi connectivity index (χ0) is 15.1.